The fourth-order valence-electron chi connectivity index (χ4n) is 3.30. The molecule has 1 N–H and O–H groups in total. The first kappa shape index (κ1) is 13.1. The van der Waals surface area contributed by atoms with E-state index in [2.05, 4.69) is 10.2 Å². The fourth-order valence-corrected chi connectivity index (χ4v) is 3.30. The highest BCUT2D eigenvalue weighted by Gasteiger charge is 2.20. The molecule has 3 rings (SSSR count). The van der Waals surface area contributed by atoms with E-state index in [9.17, 15) is 0 Å². The zero-order chi connectivity index (χ0) is 12.9. The lowest BCUT2D eigenvalue weighted by molar-refractivity contribution is 0.0112. The molecule has 0 spiro atoms. The predicted molar refractivity (Wildman–Crippen MR) is 74.1 cm³/mol. The lowest BCUT2D eigenvalue weighted by Crippen LogP contribution is -2.19. The average Bonchev–Trinajstić information content (AvgIpc) is 2.96. The number of hydrogen-bond acceptors (Lipinski definition) is 3. The summed E-state index contributed by atoms with van der Waals surface area (Å²) in [4.78, 5) is 4.70. The summed E-state index contributed by atoms with van der Waals surface area (Å²) in [5.41, 5.74) is 0. The molecule has 1 aromatic rings. The van der Waals surface area contributed by atoms with Gasteiger partial charge in [0.1, 0.15) is 5.82 Å². The Bertz CT molecular complexity index is 378. The van der Waals surface area contributed by atoms with Gasteiger partial charge in [-0.2, -0.15) is 5.10 Å². The third-order valence-corrected chi connectivity index (χ3v) is 4.50. The molecule has 2 heterocycles. The van der Waals surface area contributed by atoms with Crippen LogP contribution in [0.25, 0.3) is 0 Å². The lowest BCUT2D eigenvalue weighted by atomic mass is 9.89. The molecule has 0 bridgehead atoms. The van der Waals surface area contributed by atoms with E-state index in [1.807, 2.05) is 0 Å². The number of rotatable bonds is 4. The summed E-state index contributed by atoms with van der Waals surface area (Å²) >= 11 is 0. The molecule has 0 radical (unpaired) electrons. The molecule has 1 atom stereocenters. The highest BCUT2D eigenvalue weighted by atomic mass is 16.5. The summed E-state index contributed by atoms with van der Waals surface area (Å²) < 4.78 is 5.76. The van der Waals surface area contributed by atoms with Gasteiger partial charge in [0.2, 0.25) is 0 Å². The summed E-state index contributed by atoms with van der Waals surface area (Å²) in [7, 11) is 0. The predicted octanol–water partition coefficient (Wildman–Crippen LogP) is 3.35. The van der Waals surface area contributed by atoms with Crippen LogP contribution < -0.4 is 0 Å². The molecule has 0 aromatic carbocycles. The van der Waals surface area contributed by atoms with E-state index < -0.39 is 0 Å². The van der Waals surface area contributed by atoms with Crippen molar-refractivity contribution in [2.75, 3.05) is 6.61 Å². The van der Waals surface area contributed by atoms with Crippen molar-refractivity contribution in [2.24, 2.45) is 0 Å². The van der Waals surface area contributed by atoms with Crippen LogP contribution in [0.3, 0.4) is 0 Å². The van der Waals surface area contributed by atoms with Crippen LogP contribution in [0.15, 0.2) is 0 Å². The van der Waals surface area contributed by atoms with Gasteiger partial charge in [-0.1, -0.05) is 19.3 Å². The number of nitrogens with one attached hydrogen (secondary N) is 1. The highest BCUT2D eigenvalue weighted by Crippen LogP contribution is 2.30. The van der Waals surface area contributed by atoms with Gasteiger partial charge in [-0.25, -0.2) is 4.98 Å². The third-order valence-electron chi connectivity index (χ3n) is 4.50. The van der Waals surface area contributed by atoms with Gasteiger partial charge in [-0.15, -0.1) is 0 Å². The van der Waals surface area contributed by atoms with Crippen molar-refractivity contribution in [3.63, 3.8) is 0 Å². The first-order valence-corrected chi connectivity index (χ1v) is 7.94. The van der Waals surface area contributed by atoms with Crippen LogP contribution in [0.2, 0.25) is 0 Å². The Morgan fingerprint density at radius 1 is 1.05 bits per heavy atom. The zero-order valence-electron chi connectivity index (χ0n) is 11.7. The molecule has 1 aromatic heterocycles. The zero-order valence-corrected chi connectivity index (χ0v) is 11.7. The van der Waals surface area contributed by atoms with Crippen LogP contribution in [0.4, 0.5) is 0 Å². The topological polar surface area (TPSA) is 50.8 Å². The van der Waals surface area contributed by atoms with E-state index >= 15 is 0 Å². The van der Waals surface area contributed by atoms with E-state index in [1.54, 1.807) is 0 Å². The Morgan fingerprint density at radius 3 is 2.68 bits per heavy atom. The normalized spacial score (nSPS) is 25.6. The number of aromatic amines is 1. The van der Waals surface area contributed by atoms with E-state index in [-0.39, 0.29) is 0 Å². The first-order chi connectivity index (χ1) is 9.42. The Kier molecular flexibility index (Phi) is 4.49. The second-order valence-corrected chi connectivity index (χ2v) is 6.00. The molecular weight excluding hydrogens is 238 g/mol. The molecule has 1 saturated heterocycles. The molecule has 0 amide bonds. The monoisotopic (exact) mass is 263 g/mol. The maximum atomic E-state index is 5.76. The van der Waals surface area contributed by atoms with Gasteiger partial charge in [-0.05, 0) is 38.5 Å². The minimum absolute atomic E-state index is 0.442. The van der Waals surface area contributed by atoms with Crippen LogP contribution in [0.1, 0.15) is 75.4 Å². The van der Waals surface area contributed by atoms with Gasteiger partial charge >= 0.3 is 0 Å². The standard InChI is InChI=1S/C15H25N3O/c1-2-6-12(7-3-1)15-16-14(17-18-15)10-9-13-8-4-5-11-19-13/h12-13H,1-11H2,(H,16,17,18). The van der Waals surface area contributed by atoms with Crippen molar-refractivity contribution in [2.45, 2.75) is 76.2 Å². The van der Waals surface area contributed by atoms with Crippen molar-refractivity contribution in [1.29, 1.82) is 0 Å². The maximum absolute atomic E-state index is 5.76. The van der Waals surface area contributed by atoms with Gasteiger partial charge < -0.3 is 4.74 Å². The van der Waals surface area contributed by atoms with Gasteiger partial charge in [0.25, 0.3) is 0 Å². The molecule has 2 fully saturated rings. The number of aromatic nitrogens is 3. The van der Waals surface area contributed by atoms with Gasteiger partial charge in [0.15, 0.2) is 5.82 Å². The number of aryl methyl sites for hydroxylation is 1. The lowest BCUT2D eigenvalue weighted by Gasteiger charge is -2.21. The maximum Gasteiger partial charge on any atom is 0.153 e. The van der Waals surface area contributed by atoms with E-state index in [1.165, 1.54) is 51.4 Å². The summed E-state index contributed by atoms with van der Waals surface area (Å²) in [6.45, 7) is 0.939. The molecular formula is C15H25N3O. The molecule has 4 nitrogen and oxygen atoms in total. The minimum Gasteiger partial charge on any atom is -0.378 e. The van der Waals surface area contributed by atoms with Crippen LogP contribution in [-0.2, 0) is 11.2 Å². The van der Waals surface area contributed by atoms with E-state index in [4.69, 9.17) is 9.72 Å². The summed E-state index contributed by atoms with van der Waals surface area (Å²) in [6, 6.07) is 0. The third kappa shape index (κ3) is 3.56. The van der Waals surface area contributed by atoms with Crippen LogP contribution in [0.5, 0.6) is 0 Å². The quantitative estimate of drug-likeness (QED) is 0.906. The number of H-pyrrole nitrogens is 1. The number of ether oxygens (including phenoxy) is 1. The Labute approximate surface area is 115 Å². The fraction of sp³-hybridized carbons (Fsp3) is 0.867. The van der Waals surface area contributed by atoms with Crippen molar-refractivity contribution >= 4 is 0 Å². The largest absolute Gasteiger partial charge is 0.378 e. The smallest absolute Gasteiger partial charge is 0.153 e. The van der Waals surface area contributed by atoms with Gasteiger partial charge in [0.05, 0.1) is 6.10 Å². The van der Waals surface area contributed by atoms with E-state index in [0.29, 0.717) is 12.0 Å². The van der Waals surface area contributed by atoms with Gasteiger partial charge in [0, 0.05) is 18.9 Å². The second kappa shape index (κ2) is 6.51. The van der Waals surface area contributed by atoms with Crippen LogP contribution in [0, 0.1) is 0 Å². The Morgan fingerprint density at radius 2 is 1.89 bits per heavy atom. The molecule has 1 aliphatic heterocycles. The Balaban J connectivity index is 1.49. The summed E-state index contributed by atoms with van der Waals surface area (Å²) in [5, 5.41) is 7.55. The molecule has 106 valence electrons. The van der Waals surface area contributed by atoms with Crippen molar-refractivity contribution in [3.05, 3.63) is 11.6 Å². The SMILES string of the molecule is C1CCC(c2n[nH]c(CCC3CCCCO3)n2)CC1. The summed E-state index contributed by atoms with van der Waals surface area (Å²) in [6.07, 6.45) is 12.8. The van der Waals surface area contributed by atoms with Crippen molar-refractivity contribution in [1.82, 2.24) is 15.2 Å². The molecule has 2 aliphatic rings. The first-order valence-electron chi connectivity index (χ1n) is 7.94. The average molecular weight is 263 g/mol. The van der Waals surface area contributed by atoms with E-state index in [0.717, 1.165) is 31.1 Å². The Hall–Kier alpha value is -0.900. The molecule has 19 heavy (non-hydrogen) atoms. The van der Waals surface area contributed by atoms with Gasteiger partial charge in [-0.3, -0.25) is 5.10 Å². The number of nitrogens with zero attached hydrogens (tertiary/aromatic N) is 2. The summed E-state index contributed by atoms with van der Waals surface area (Å²) in [5.74, 6) is 2.71. The molecule has 4 heteroatoms. The van der Waals surface area contributed by atoms with Crippen LogP contribution in [-0.4, -0.2) is 27.9 Å². The number of hydrogen-bond donors (Lipinski definition) is 1. The minimum atomic E-state index is 0.442. The molecule has 1 saturated carbocycles. The second-order valence-electron chi connectivity index (χ2n) is 6.00. The highest BCUT2D eigenvalue weighted by molar-refractivity contribution is 4.99. The van der Waals surface area contributed by atoms with Crippen molar-refractivity contribution in [3.8, 4) is 0 Å². The van der Waals surface area contributed by atoms with Crippen LogP contribution >= 0.6 is 0 Å². The molecule has 1 aliphatic carbocycles. The van der Waals surface area contributed by atoms with Crippen molar-refractivity contribution < 1.29 is 4.74 Å². The molecule has 1 unspecified atom stereocenters.